The minimum Gasteiger partial charge on any atom is -0.425 e. The van der Waals surface area contributed by atoms with Gasteiger partial charge in [-0.25, -0.2) is 4.39 Å². The summed E-state index contributed by atoms with van der Waals surface area (Å²) in [6.07, 6.45) is 4.27. The Balaban J connectivity index is 2.93. The van der Waals surface area contributed by atoms with Crippen LogP contribution in [-0.2, 0) is 0 Å². The lowest BCUT2D eigenvalue weighted by Crippen LogP contribution is -2.42. The fraction of sp³-hybridized carbons (Fsp3) is 0.818. The summed E-state index contributed by atoms with van der Waals surface area (Å²) < 4.78 is 14.3. The van der Waals surface area contributed by atoms with Crippen LogP contribution < -0.4 is 0 Å². The van der Waals surface area contributed by atoms with Crippen molar-refractivity contribution in [1.29, 1.82) is 0 Å². The van der Waals surface area contributed by atoms with Gasteiger partial charge in [0.1, 0.15) is 0 Å². The fourth-order valence-electron chi connectivity index (χ4n) is 2.43. The highest BCUT2D eigenvalue weighted by Gasteiger charge is 2.49. The summed E-state index contributed by atoms with van der Waals surface area (Å²) in [7, 11) is -1.87. The van der Waals surface area contributed by atoms with Crippen LogP contribution in [0.15, 0.2) is 11.1 Å². The molecule has 1 aliphatic carbocycles. The van der Waals surface area contributed by atoms with Gasteiger partial charge in [-0.3, -0.25) is 0 Å². The zero-order chi connectivity index (χ0) is 11.5. The quantitative estimate of drug-likeness (QED) is 0.544. The Labute approximate surface area is 91.3 Å². The third-order valence-electron chi connectivity index (χ3n) is 3.18. The molecule has 0 aromatic heterocycles. The summed E-state index contributed by atoms with van der Waals surface area (Å²) in [4.78, 5) is 0. The van der Waals surface area contributed by atoms with Gasteiger partial charge in [0.25, 0.3) is 0 Å². The maximum atomic E-state index is 14.3. The molecule has 86 valence electrons. The van der Waals surface area contributed by atoms with Crippen molar-refractivity contribution in [2.45, 2.75) is 57.9 Å². The van der Waals surface area contributed by atoms with Gasteiger partial charge in [0.2, 0.25) is 0 Å². The first kappa shape index (κ1) is 12.7. The minimum atomic E-state index is -1.87. The van der Waals surface area contributed by atoms with Crippen LogP contribution in [0.3, 0.4) is 0 Å². The second-order valence-electron chi connectivity index (χ2n) is 4.32. The minimum absolute atomic E-state index is 0.231. The highest BCUT2D eigenvalue weighted by atomic mass is 19.1. The van der Waals surface area contributed by atoms with Gasteiger partial charge in [0.05, 0.1) is 0 Å². The van der Waals surface area contributed by atoms with Crippen molar-refractivity contribution >= 4 is 7.12 Å². The molecule has 1 atom stereocenters. The smallest absolute Gasteiger partial charge is 0.425 e. The zero-order valence-electron chi connectivity index (χ0n) is 9.59. The average Bonchev–Trinajstić information content (AvgIpc) is 2.49. The molecular formula is C11H20BFO2. The molecule has 0 radical (unpaired) electrons. The topological polar surface area (TPSA) is 40.5 Å². The van der Waals surface area contributed by atoms with Crippen LogP contribution in [0.4, 0.5) is 4.39 Å². The third kappa shape index (κ3) is 2.43. The lowest BCUT2D eigenvalue weighted by molar-refractivity contribution is 0.227. The Morgan fingerprint density at radius 1 is 1.27 bits per heavy atom. The van der Waals surface area contributed by atoms with Gasteiger partial charge in [-0.2, -0.15) is 0 Å². The molecule has 0 saturated heterocycles. The monoisotopic (exact) mass is 214 g/mol. The van der Waals surface area contributed by atoms with E-state index >= 15 is 0 Å². The SMILES string of the molecule is CCCC1=C(CCC)C(F)(B(O)O)CC1. The molecule has 2 N–H and O–H groups in total. The van der Waals surface area contributed by atoms with E-state index in [0.717, 1.165) is 24.8 Å². The van der Waals surface area contributed by atoms with Crippen LogP contribution in [0.2, 0.25) is 0 Å². The molecular weight excluding hydrogens is 194 g/mol. The van der Waals surface area contributed by atoms with Crippen molar-refractivity contribution in [2.75, 3.05) is 0 Å². The van der Waals surface area contributed by atoms with E-state index in [1.54, 1.807) is 0 Å². The van der Waals surface area contributed by atoms with Gasteiger partial charge >= 0.3 is 7.12 Å². The number of rotatable bonds is 5. The largest absolute Gasteiger partial charge is 0.496 e. The number of halogens is 1. The molecule has 15 heavy (non-hydrogen) atoms. The summed E-state index contributed by atoms with van der Waals surface area (Å²) in [6.45, 7) is 4.04. The van der Waals surface area contributed by atoms with Crippen molar-refractivity contribution in [3.63, 3.8) is 0 Å². The van der Waals surface area contributed by atoms with Gasteiger partial charge in [-0.1, -0.05) is 32.3 Å². The Kier molecular flexibility index (Phi) is 4.35. The van der Waals surface area contributed by atoms with Gasteiger partial charge in [-0.15, -0.1) is 0 Å². The molecule has 1 aliphatic rings. The molecule has 0 aliphatic heterocycles. The first-order valence-electron chi connectivity index (χ1n) is 5.82. The standard InChI is InChI=1S/C11H20BFO2/c1-3-5-9-7-8-11(13,12(14)15)10(9)6-4-2/h14-15H,3-8H2,1-2H3. The second-order valence-corrected chi connectivity index (χ2v) is 4.32. The highest BCUT2D eigenvalue weighted by Crippen LogP contribution is 2.43. The lowest BCUT2D eigenvalue weighted by atomic mass is 9.64. The van der Waals surface area contributed by atoms with Crippen LogP contribution in [0, 0.1) is 0 Å². The van der Waals surface area contributed by atoms with E-state index in [4.69, 9.17) is 10.0 Å². The summed E-state index contributed by atoms with van der Waals surface area (Å²) in [5.74, 6) is 0. The average molecular weight is 214 g/mol. The Morgan fingerprint density at radius 2 is 1.87 bits per heavy atom. The Hall–Kier alpha value is -0.345. The van der Waals surface area contributed by atoms with Gasteiger partial charge in [-0.05, 0) is 31.3 Å². The first-order valence-corrected chi connectivity index (χ1v) is 5.82. The number of alkyl halides is 1. The van der Waals surface area contributed by atoms with E-state index in [9.17, 15) is 4.39 Å². The van der Waals surface area contributed by atoms with Gasteiger partial charge in [0.15, 0.2) is 5.57 Å². The molecule has 2 nitrogen and oxygen atoms in total. The fourth-order valence-corrected chi connectivity index (χ4v) is 2.43. The third-order valence-corrected chi connectivity index (χ3v) is 3.18. The predicted molar refractivity (Wildman–Crippen MR) is 60.1 cm³/mol. The molecule has 0 spiro atoms. The van der Waals surface area contributed by atoms with E-state index in [1.807, 2.05) is 6.92 Å². The molecule has 0 saturated carbocycles. The van der Waals surface area contributed by atoms with Gasteiger partial charge in [0, 0.05) is 0 Å². The van der Waals surface area contributed by atoms with Crippen molar-refractivity contribution in [3.8, 4) is 0 Å². The molecule has 0 fully saturated rings. The summed E-state index contributed by atoms with van der Waals surface area (Å²) in [6, 6.07) is 0. The second kappa shape index (κ2) is 5.13. The van der Waals surface area contributed by atoms with E-state index in [-0.39, 0.29) is 6.42 Å². The highest BCUT2D eigenvalue weighted by molar-refractivity contribution is 6.46. The van der Waals surface area contributed by atoms with Crippen LogP contribution in [0.25, 0.3) is 0 Å². The van der Waals surface area contributed by atoms with E-state index in [2.05, 4.69) is 6.92 Å². The molecule has 0 aromatic rings. The van der Waals surface area contributed by atoms with Crippen molar-refractivity contribution in [2.24, 2.45) is 0 Å². The predicted octanol–water partition coefficient (Wildman–Crippen LogP) is 2.40. The van der Waals surface area contributed by atoms with Gasteiger partial charge < -0.3 is 10.0 Å². The molecule has 0 heterocycles. The van der Waals surface area contributed by atoms with E-state index in [1.165, 1.54) is 0 Å². The maximum absolute atomic E-state index is 14.3. The van der Waals surface area contributed by atoms with Crippen molar-refractivity contribution in [3.05, 3.63) is 11.1 Å². The van der Waals surface area contributed by atoms with Crippen LogP contribution in [0.5, 0.6) is 0 Å². The zero-order valence-corrected chi connectivity index (χ0v) is 9.59. The molecule has 1 unspecified atom stereocenters. The molecule has 1 rings (SSSR count). The number of allylic oxidation sites excluding steroid dienone is 2. The van der Waals surface area contributed by atoms with Crippen molar-refractivity contribution < 1.29 is 14.4 Å². The number of hydrogen-bond donors (Lipinski definition) is 2. The lowest BCUT2D eigenvalue weighted by Gasteiger charge is -2.22. The first-order chi connectivity index (χ1) is 7.06. The van der Waals surface area contributed by atoms with Crippen LogP contribution in [-0.4, -0.2) is 22.7 Å². The van der Waals surface area contributed by atoms with E-state index < -0.39 is 12.7 Å². The summed E-state index contributed by atoms with van der Waals surface area (Å²) in [5.41, 5.74) is -0.114. The Bertz CT molecular complexity index is 253. The number of hydrogen-bond acceptors (Lipinski definition) is 2. The maximum Gasteiger partial charge on any atom is 0.496 e. The summed E-state index contributed by atoms with van der Waals surface area (Å²) in [5, 5.41) is 18.3. The van der Waals surface area contributed by atoms with Crippen molar-refractivity contribution in [1.82, 2.24) is 0 Å². The van der Waals surface area contributed by atoms with Crippen LogP contribution in [0.1, 0.15) is 52.4 Å². The molecule has 0 amide bonds. The normalized spacial score (nSPS) is 26.2. The molecule has 0 bridgehead atoms. The Morgan fingerprint density at radius 3 is 2.33 bits per heavy atom. The van der Waals surface area contributed by atoms with Crippen LogP contribution >= 0.6 is 0 Å². The van der Waals surface area contributed by atoms with E-state index in [0.29, 0.717) is 18.4 Å². The molecule has 0 aromatic carbocycles. The summed E-state index contributed by atoms with van der Waals surface area (Å²) >= 11 is 0. The molecule has 4 heteroatoms.